The number of fused-ring (bicyclic) bond motifs is 1. The van der Waals surface area contributed by atoms with Crippen molar-refractivity contribution >= 4 is 17.4 Å². The zero-order valence-electron chi connectivity index (χ0n) is 21.5. The number of anilines is 1. The molecule has 3 aromatic heterocycles. The zero-order chi connectivity index (χ0) is 26.1. The van der Waals surface area contributed by atoms with Gasteiger partial charge < -0.3 is 19.3 Å². The third kappa shape index (κ3) is 5.04. The molecule has 0 unspecified atom stereocenters. The molecule has 4 aromatic rings. The summed E-state index contributed by atoms with van der Waals surface area (Å²) in [4.78, 5) is 16.7. The second-order valence-corrected chi connectivity index (χ2v) is 9.81. The lowest BCUT2D eigenvalue weighted by molar-refractivity contribution is 0.0994. The number of hydrogen-bond donors (Lipinski definition) is 1. The maximum atomic E-state index is 10.1. The van der Waals surface area contributed by atoms with Gasteiger partial charge in [0.1, 0.15) is 23.9 Å². The van der Waals surface area contributed by atoms with Gasteiger partial charge in [0.25, 0.3) is 0 Å². The lowest BCUT2D eigenvalue weighted by atomic mass is 10.0. The SMILES string of the molecule is CCC[C@H](O)COc1ccc(Cl)c(-c2nc(-c3c(C)noc3C)c(C)c(N3Cc4cccnc4C3)n2)c1. The molecule has 1 N–H and O–H groups in total. The molecule has 0 bridgehead atoms. The molecular formula is C28H30ClN5O3. The smallest absolute Gasteiger partial charge is 0.163 e. The number of halogens is 1. The molecule has 0 spiro atoms. The Hall–Kier alpha value is -3.49. The Morgan fingerprint density at radius 2 is 2.00 bits per heavy atom. The Morgan fingerprint density at radius 1 is 1.16 bits per heavy atom. The molecule has 0 amide bonds. The Labute approximate surface area is 221 Å². The van der Waals surface area contributed by atoms with Crippen LogP contribution in [0.1, 0.15) is 48.0 Å². The second-order valence-electron chi connectivity index (χ2n) is 9.40. The van der Waals surface area contributed by atoms with Gasteiger partial charge >= 0.3 is 0 Å². The minimum Gasteiger partial charge on any atom is -0.491 e. The standard InChI is InChI=1S/C28H30ClN5O3/c1-5-7-20(35)15-36-21-9-10-23(29)22(12-21)27-31-26(25-17(3)33-37-18(25)4)16(2)28(32-27)34-13-19-8-6-11-30-24(19)14-34/h6,8-12,20,35H,5,7,13-15H2,1-4H3/t20-/m0/s1. The van der Waals surface area contributed by atoms with Crippen LogP contribution in [0.15, 0.2) is 41.1 Å². The summed E-state index contributed by atoms with van der Waals surface area (Å²) in [6, 6.07) is 9.44. The van der Waals surface area contributed by atoms with Crippen LogP contribution in [0, 0.1) is 20.8 Å². The molecule has 37 heavy (non-hydrogen) atoms. The highest BCUT2D eigenvalue weighted by Crippen LogP contribution is 2.38. The van der Waals surface area contributed by atoms with Gasteiger partial charge in [0.15, 0.2) is 5.82 Å². The molecule has 9 heteroatoms. The van der Waals surface area contributed by atoms with Gasteiger partial charge in [-0.15, -0.1) is 0 Å². The molecular weight excluding hydrogens is 490 g/mol. The molecule has 1 aliphatic rings. The third-order valence-corrected chi connectivity index (χ3v) is 6.95. The molecule has 0 aliphatic carbocycles. The predicted octanol–water partition coefficient (Wildman–Crippen LogP) is 5.83. The van der Waals surface area contributed by atoms with Crippen LogP contribution in [-0.4, -0.2) is 37.9 Å². The molecule has 5 rings (SSSR count). The summed E-state index contributed by atoms with van der Waals surface area (Å²) in [6.07, 6.45) is 2.86. The highest BCUT2D eigenvalue weighted by Gasteiger charge is 2.27. The van der Waals surface area contributed by atoms with Gasteiger partial charge in [-0.2, -0.15) is 0 Å². The summed E-state index contributed by atoms with van der Waals surface area (Å²) in [5.41, 5.74) is 6.16. The second kappa shape index (κ2) is 10.5. The molecule has 0 radical (unpaired) electrons. The number of rotatable bonds is 8. The van der Waals surface area contributed by atoms with Crippen LogP contribution in [0.4, 0.5) is 5.82 Å². The first-order valence-electron chi connectivity index (χ1n) is 12.5. The summed E-state index contributed by atoms with van der Waals surface area (Å²) in [6.45, 7) is 9.40. The highest BCUT2D eigenvalue weighted by molar-refractivity contribution is 6.33. The fourth-order valence-corrected chi connectivity index (χ4v) is 4.92. The van der Waals surface area contributed by atoms with E-state index in [9.17, 15) is 5.11 Å². The number of aromatic nitrogens is 4. The first kappa shape index (κ1) is 25.2. The molecule has 0 saturated carbocycles. The van der Waals surface area contributed by atoms with Gasteiger partial charge in [-0.25, -0.2) is 9.97 Å². The summed E-state index contributed by atoms with van der Waals surface area (Å²) >= 11 is 6.67. The predicted molar refractivity (Wildman–Crippen MR) is 143 cm³/mol. The molecule has 192 valence electrons. The summed E-state index contributed by atoms with van der Waals surface area (Å²) in [7, 11) is 0. The highest BCUT2D eigenvalue weighted by atomic mass is 35.5. The van der Waals surface area contributed by atoms with Crippen LogP contribution >= 0.6 is 11.6 Å². The average Bonchev–Trinajstić information content (AvgIpc) is 3.46. The van der Waals surface area contributed by atoms with Crippen LogP contribution in [0.25, 0.3) is 22.6 Å². The minimum absolute atomic E-state index is 0.207. The average molecular weight is 520 g/mol. The lowest BCUT2D eigenvalue weighted by Crippen LogP contribution is -2.19. The van der Waals surface area contributed by atoms with Crippen molar-refractivity contribution in [2.24, 2.45) is 0 Å². The first-order valence-corrected chi connectivity index (χ1v) is 12.8. The normalized spacial score (nSPS) is 13.6. The molecule has 4 heterocycles. The number of aliphatic hydroxyl groups excluding tert-OH is 1. The first-order chi connectivity index (χ1) is 17.9. The van der Waals surface area contributed by atoms with Crippen LogP contribution in [0.3, 0.4) is 0 Å². The van der Waals surface area contributed by atoms with Gasteiger partial charge in [0.2, 0.25) is 0 Å². The Morgan fingerprint density at radius 3 is 2.73 bits per heavy atom. The van der Waals surface area contributed by atoms with E-state index in [4.69, 9.17) is 30.8 Å². The van der Waals surface area contributed by atoms with Crippen molar-refractivity contribution in [3.8, 4) is 28.4 Å². The number of aryl methyl sites for hydroxylation is 2. The van der Waals surface area contributed by atoms with E-state index in [1.807, 2.05) is 46.0 Å². The molecule has 1 aromatic carbocycles. The Kier molecular flexibility index (Phi) is 7.13. The van der Waals surface area contributed by atoms with Crippen LogP contribution < -0.4 is 9.64 Å². The van der Waals surface area contributed by atoms with Crippen molar-refractivity contribution in [2.45, 2.75) is 59.7 Å². The number of ether oxygens (including phenoxy) is 1. The molecule has 1 aliphatic heterocycles. The minimum atomic E-state index is -0.525. The third-order valence-electron chi connectivity index (χ3n) is 6.62. The molecule has 8 nitrogen and oxygen atoms in total. The van der Waals surface area contributed by atoms with Crippen molar-refractivity contribution in [3.63, 3.8) is 0 Å². The van der Waals surface area contributed by atoms with Gasteiger partial charge in [-0.1, -0.05) is 36.2 Å². The van der Waals surface area contributed by atoms with Crippen molar-refractivity contribution in [2.75, 3.05) is 11.5 Å². The summed E-state index contributed by atoms with van der Waals surface area (Å²) in [5.74, 6) is 2.57. The van der Waals surface area contributed by atoms with E-state index in [0.29, 0.717) is 47.4 Å². The van der Waals surface area contributed by atoms with Gasteiger partial charge in [0.05, 0.1) is 40.3 Å². The monoisotopic (exact) mass is 519 g/mol. The quantitative estimate of drug-likeness (QED) is 0.310. The lowest BCUT2D eigenvalue weighted by Gasteiger charge is -2.22. The molecule has 0 saturated heterocycles. The van der Waals surface area contributed by atoms with Gasteiger partial charge in [0, 0.05) is 23.9 Å². The van der Waals surface area contributed by atoms with Crippen molar-refractivity contribution < 1.29 is 14.4 Å². The van der Waals surface area contributed by atoms with E-state index in [-0.39, 0.29) is 6.61 Å². The Balaban J connectivity index is 1.60. The maximum absolute atomic E-state index is 10.1. The zero-order valence-corrected chi connectivity index (χ0v) is 22.2. The van der Waals surface area contributed by atoms with Crippen LogP contribution in [0.2, 0.25) is 5.02 Å². The Bertz CT molecular complexity index is 1390. The largest absolute Gasteiger partial charge is 0.491 e. The van der Waals surface area contributed by atoms with E-state index >= 15 is 0 Å². The van der Waals surface area contributed by atoms with E-state index in [0.717, 1.165) is 40.4 Å². The maximum Gasteiger partial charge on any atom is 0.163 e. The number of pyridine rings is 1. The van der Waals surface area contributed by atoms with Crippen LogP contribution in [0.5, 0.6) is 5.75 Å². The topological polar surface area (TPSA) is 97.4 Å². The fourth-order valence-electron chi connectivity index (χ4n) is 4.72. The molecule has 0 fully saturated rings. The van der Waals surface area contributed by atoms with Crippen LogP contribution in [-0.2, 0) is 13.1 Å². The van der Waals surface area contributed by atoms with Gasteiger partial charge in [-0.05, 0) is 57.0 Å². The summed E-state index contributed by atoms with van der Waals surface area (Å²) in [5, 5.41) is 14.8. The number of hydrogen-bond acceptors (Lipinski definition) is 8. The number of aliphatic hydroxyl groups is 1. The number of nitrogens with zero attached hydrogens (tertiary/aromatic N) is 5. The fraction of sp³-hybridized carbons (Fsp3) is 0.357. The number of benzene rings is 1. The van der Waals surface area contributed by atoms with Crippen molar-refractivity contribution in [1.82, 2.24) is 20.1 Å². The van der Waals surface area contributed by atoms with Crippen molar-refractivity contribution in [1.29, 1.82) is 0 Å². The molecule has 1 atom stereocenters. The van der Waals surface area contributed by atoms with E-state index in [1.54, 1.807) is 12.1 Å². The van der Waals surface area contributed by atoms with Crippen molar-refractivity contribution in [3.05, 3.63) is 69.8 Å². The van der Waals surface area contributed by atoms with Gasteiger partial charge in [-0.3, -0.25) is 4.98 Å². The van der Waals surface area contributed by atoms with E-state index in [1.165, 1.54) is 5.56 Å². The van der Waals surface area contributed by atoms with E-state index < -0.39 is 6.10 Å². The van der Waals surface area contributed by atoms with E-state index in [2.05, 4.69) is 21.1 Å². The summed E-state index contributed by atoms with van der Waals surface area (Å²) < 4.78 is 11.3.